The molecular weight excluding hydrogens is 398 g/mol. The first-order valence-corrected chi connectivity index (χ1v) is 10.3. The molecule has 2 aliphatic heterocycles. The molecule has 3 amide bonds. The first kappa shape index (κ1) is 20.9. The van der Waals surface area contributed by atoms with Crippen LogP contribution in [0.2, 0.25) is 0 Å². The molecule has 0 saturated carbocycles. The van der Waals surface area contributed by atoms with Crippen LogP contribution in [0.1, 0.15) is 36.4 Å². The number of aliphatic hydroxyl groups excluding tert-OH is 1. The Balaban J connectivity index is 1.39. The highest BCUT2D eigenvalue weighted by atomic mass is 16.6. The number of hydrogen-bond donors (Lipinski definition) is 3. The number of rotatable bonds is 5. The molecule has 3 N–H and O–H groups in total. The molecule has 3 atom stereocenters. The number of carbonyl (C=O) groups excluding carboxylic acids is 3. The Hall–Kier alpha value is -3.39. The van der Waals surface area contributed by atoms with Crippen LogP contribution < -0.4 is 10.6 Å². The van der Waals surface area contributed by atoms with Gasteiger partial charge in [-0.05, 0) is 29.7 Å². The van der Waals surface area contributed by atoms with Crippen molar-refractivity contribution in [3.8, 4) is 0 Å². The third kappa shape index (κ3) is 5.03. The average Bonchev–Trinajstić information content (AvgIpc) is 3.39. The predicted octanol–water partition coefficient (Wildman–Crippen LogP) is 2.35. The van der Waals surface area contributed by atoms with E-state index >= 15 is 0 Å². The van der Waals surface area contributed by atoms with Crippen molar-refractivity contribution < 1.29 is 24.2 Å². The Morgan fingerprint density at radius 3 is 2.71 bits per heavy atom. The molecule has 0 radical (unpaired) electrons. The normalized spacial score (nSPS) is 22.8. The number of aliphatic hydroxyl groups is 1. The molecule has 2 saturated heterocycles. The van der Waals surface area contributed by atoms with Gasteiger partial charge in [0.15, 0.2) is 0 Å². The van der Waals surface area contributed by atoms with E-state index in [0.717, 1.165) is 11.1 Å². The molecule has 0 spiro atoms. The van der Waals surface area contributed by atoms with Gasteiger partial charge in [-0.3, -0.25) is 14.5 Å². The second-order valence-corrected chi connectivity index (χ2v) is 7.87. The van der Waals surface area contributed by atoms with Crippen LogP contribution in [0.25, 0.3) is 0 Å². The van der Waals surface area contributed by atoms with Crippen molar-refractivity contribution in [2.45, 2.75) is 44.1 Å². The lowest BCUT2D eigenvalue weighted by atomic mass is 10.0. The summed E-state index contributed by atoms with van der Waals surface area (Å²) in [7, 11) is 0. The van der Waals surface area contributed by atoms with Crippen molar-refractivity contribution in [3.63, 3.8) is 0 Å². The molecule has 0 aliphatic carbocycles. The van der Waals surface area contributed by atoms with Crippen molar-refractivity contribution in [1.82, 2.24) is 10.2 Å². The van der Waals surface area contributed by atoms with E-state index in [1.54, 1.807) is 6.07 Å². The fourth-order valence-electron chi connectivity index (χ4n) is 3.99. The SMILES string of the molecule is O=C1CCC(c2cccc(NC(=O)[C@@H]3C[C@@H](O)CN3C(=O)OCc3ccccc3)c2)N1. The van der Waals surface area contributed by atoms with Crippen LogP contribution in [0.5, 0.6) is 0 Å². The monoisotopic (exact) mass is 423 g/mol. The van der Waals surface area contributed by atoms with Crippen molar-refractivity contribution in [1.29, 1.82) is 0 Å². The summed E-state index contributed by atoms with van der Waals surface area (Å²) in [6.07, 6.45) is -0.0825. The van der Waals surface area contributed by atoms with Crippen LogP contribution in [0, 0.1) is 0 Å². The maximum Gasteiger partial charge on any atom is 0.410 e. The summed E-state index contributed by atoms with van der Waals surface area (Å²) in [5.74, 6) is -0.371. The minimum absolute atomic E-state index is 0.0176. The first-order valence-electron chi connectivity index (χ1n) is 10.3. The highest BCUT2D eigenvalue weighted by molar-refractivity contribution is 5.97. The molecule has 1 unspecified atom stereocenters. The standard InChI is InChI=1S/C23H25N3O5/c27-18-12-20(26(13-18)23(30)31-14-15-5-2-1-3-6-15)22(29)24-17-8-4-7-16(11-17)19-9-10-21(28)25-19/h1-8,11,18-20,27H,9-10,12-14H2,(H,24,29)(H,25,28)/t18-,19?,20+/m1/s1. The number of benzene rings is 2. The zero-order chi connectivity index (χ0) is 21.8. The van der Waals surface area contributed by atoms with Gasteiger partial charge in [-0.25, -0.2) is 4.79 Å². The lowest BCUT2D eigenvalue weighted by Gasteiger charge is -2.23. The van der Waals surface area contributed by atoms with Crippen LogP contribution in [0.3, 0.4) is 0 Å². The minimum atomic E-state index is -0.826. The molecule has 2 fully saturated rings. The van der Waals surface area contributed by atoms with E-state index in [2.05, 4.69) is 10.6 Å². The number of likely N-dealkylation sites (tertiary alicyclic amines) is 1. The average molecular weight is 423 g/mol. The highest BCUT2D eigenvalue weighted by Gasteiger charge is 2.40. The summed E-state index contributed by atoms with van der Waals surface area (Å²) in [4.78, 5) is 38.2. The summed E-state index contributed by atoms with van der Waals surface area (Å²) in [5, 5.41) is 15.8. The summed E-state index contributed by atoms with van der Waals surface area (Å²) in [6.45, 7) is 0.135. The Morgan fingerprint density at radius 2 is 1.97 bits per heavy atom. The third-order valence-electron chi connectivity index (χ3n) is 5.57. The molecule has 0 aromatic heterocycles. The van der Waals surface area contributed by atoms with Gasteiger partial charge >= 0.3 is 6.09 Å². The van der Waals surface area contributed by atoms with E-state index in [1.165, 1.54) is 4.90 Å². The van der Waals surface area contributed by atoms with E-state index in [0.29, 0.717) is 18.5 Å². The minimum Gasteiger partial charge on any atom is -0.445 e. The zero-order valence-corrected chi connectivity index (χ0v) is 17.0. The molecular formula is C23H25N3O5. The summed E-state index contributed by atoms with van der Waals surface area (Å²) in [6, 6.07) is 15.6. The van der Waals surface area contributed by atoms with Gasteiger partial charge in [0.1, 0.15) is 12.6 Å². The van der Waals surface area contributed by atoms with Crippen molar-refractivity contribution in [2.24, 2.45) is 0 Å². The summed E-state index contributed by atoms with van der Waals surface area (Å²) >= 11 is 0. The number of β-amino-alcohol motifs (C(OH)–C–C–N with tert-alkyl or cyclic N) is 1. The second-order valence-electron chi connectivity index (χ2n) is 7.87. The van der Waals surface area contributed by atoms with Gasteiger partial charge in [0.2, 0.25) is 11.8 Å². The van der Waals surface area contributed by atoms with Crippen molar-refractivity contribution >= 4 is 23.6 Å². The maximum absolute atomic E-state index is 12.9. The first-order chi connectivity index (χ1) is 15.0. The van der Waals surface area contributed by atoms with Gasteiger partial charge in [-0.1, -0.05) is 42.5 Å². The molecule has 2 aromatic rings. The van der Waals surface area contributed by atoms with E-state index in [4.69, 9.17) is 4.74 Å². The smallest absolute Gasteiger partial charge is 0.410 e. The molecule has 2 aromatic carbocycles. The van der Waals surface area contributed by atoms with Gasteiger partial charge in [-0.15, -0.1) is 0 Å². The van der Waals surface area contributed by atoms with Crippen LogP contribution >= 0.6 is 0 Å². The number of ether oxygens (including phenoxy) is 1. The Bertz CT molecular complexity index is 965. The zero-order valence-electron chi connectivity index (χ0n) is 17.0. The Labute approximate surface area is 180 Å². The number of hydrogen-bond acceptors (Lipinski definition) is 5. The van der Waals surface area contributed by atoms with Crippen molar-refractivity contribution in [2.75, 3.05) is 11.9 Å². The van der Waals surface area contributed by atoms with Crippen LogP contribution in [-0.2, 0) is 20.9 Å². The number of amides is 3. The lowest BCUT2D eigenvalue weighted by molar-refractivity contribution is -0.120. The number of nitrogens with zero attached hydrogens (tertiary/aromatic N) is 1. The maximum atomic E-state index is 12.9. The number of anilines is 1. The molecule has 8 heteroatoms. The summed E-state index contributed by atoms with van der Waals surface area (Å²) < 4.78 is 5.34. The molecule has 4 rings (SSSR count). The van der Waals surface area contributed by atoms with E-state index in [1.807, 2.05) is 48.5 Å². The van der Waals surface area contributed by atoms with Gasteiger partial charge in [-0.2, -0.15) is 0 Å². The van der Waals surface area contributed by atoms with E-state index < -0.39 is 18.2 Å². The number of carbonyl (C=O) groups is 3. The highest BCUT2D eigenvalue weighted by Crippen LogP contribution is 2.26. The topological polar surface area (TPSA) is 108 Å². The quantitative estimate of drug-likeness (QED) is 0.684. The van der Waals surface area contributed by atoms with Crippen molar-refractivity contribution in [3.05, 3.63) is 65.7 Å². The molecule has 8 nitrogen and oxygen atoms in total. The Morgan fingerprint density at radius 1 is 1.16 bits per heavy atom. The number of nitrogens with one attached hydrogen (secondary N) is 2. The van der Waals surface area contributed by atoms with Crippen LogP contribution in [0.15, 0.2) is 54.6 Å². The van der Waals surface area contributed by atoms with Gasteiger partial charge < -0.3 is 20.5 Å². The molecule has 2 aliphatic rings. The fraction of sp³-hybridized carbons (Fsp3) is 0.348. The molecule has 0 bridgehead atoms. The van der Waals surface area contributed by atoms with E-state index in [9.17, 15) is 19.5 Å². The Kier molecular flexibility index (Phi) is 6.18. The largest absolute Gasteiger partial charge is 0.445 e. The third-order valence-corrected chi connectivity index (χ3v) is 5.57. The molecule has 31 heavy (non-hydrogen) atoms. The van der Waals surface area contributed by atoms with Gasteiger partial charge in [0.05, 0.1) is 18.7 Å². The van der Waals surface area contributed by atoms with Crippen LogP contribution in [-0.4, -0.2) is 46.6 Å². The second kappa shape index (κ2) is 9.18. The van der Waals surface area contributed by atoms with Gasteiger partial charge in [0, 0.05) is 18.5 Å². The van der Waals surface area contributed by atoms with Gasteiger partial charge in [0.25, 0.3) is 0 Å². The predicted molar refractivity (Wildman–Crippen MR) is 113 cm³/mol. The fourth-order valence-corrected chi connectivity index (χ4v) is 3.99. The molecule has 162 valence electrons. The summed E-state index contributed by atoms with van der Waals surface area (Å²) in [5.41, 5.74) is 2.32. The molecule has 2 heterocycles. The van der Waals surface area contributed by atoms with Crippen LogP contribution in [0.4, 0.5) is 10.5 Å². The van der Waals surface area contributed by atoms with E-state index in [-0.39, 0.29) is 37.4 Å². The lowest BCUT2D eigenvalue weighted by Crippen LogP contribution is -2.43.